The van der Waals surface area contributed by atoms with Crippen molar-refractivity contribution in [2.45, 2.75) is 33.1 Å². The summed E-state index contributed by atoms with van der Waals surface area (Å²) in [5.41, 5.74) is -2.51. The normalized spacial score (nSPS) is 11.9. The van der Waals surface area contributed by atoms with Gasteiger partial charge in [-0.3, -0.25) is 19.5 Å². The lowest BCUT2D eigenvalue weighted by atomic mass is 10.0. The average Bonchev–Trinajstić information content (AvgIpc) is 3.28. The molecule has 0 spiro atoms. The number of alkyl halides is 6. The Balaban J connectivity index is 1.78. The molecule has 1 heterocycles. The highest BCUT2D eigenvalue weighted by Gasteiger charge is 2.38. The van der Waals surface area contributed by atoms with Crippen molar-refractivity contribution in [3.05, 3.63) is 110 Å². The first kappa shape index (κ1) is 30.4. The second-order valence-corrected chi connectivity index (χ2v) is 9.62. The molecule has 0 aliphatic heterocycles. The zero-order chi connectivity index (χ0) is 31.0. The minimum atomic E-state index is -5.15. The smallest absolute Gasteiger partial charge is 0.331 e. The van der Waals surface area contributed by atoms with E-state index in [-0.39, 0.29) is 23.9 Å². The van der Waals surface area contributed by atoms with Crippen LogP contribution in [0.15, 0.2) is 71.5 Å². The molecule has 0 fully saturated rings. The van der Waals surface area contributed by atoms with E-state index in [0.29, 0.717) is 23.4 Å². The van der Waals surface area contributed by atoms with Crippen molar-refractivity contribution in [3.63, 3.8) is 0 Å². The molecule has 0 unspecified atom stereocenters. The molecule has 12 heteroatoms. The van der Waals surface area contributed by atoms with Crippen molar-refractivity contribution in [3.8, 4) is 16.9 Å². The molecule has 0 saturated heterocycles. The van der Waals surface area contributed by atoms with Crippen molar-refractivity contribution in [2.75, 3.05) is 13.1 Å². The van der Waals surface area contributed by atoms with Gasteiger partial charge < -0.3 is 4.90 Å². The maximum Gasteiger partial charge on any atom is 0.416 e. The molecular formula is C30H25F6N3O3. The van der Waals surface area contributed by atoms with E-state index in [0.717, 1.165) is 16.0 Å². The third-order valence-electron chi connectivity index (χ3n) is 6.89. The Morgan fingerprint density at radius 2 is 1.45 bits per heavy atom. The van der Waals surface area contributed by atoms with E-state index in [1.54, 1.807) is 49.4 Å². The van der Waals surface area contributed by atoms with E-state index in [9.17, 15) is 40.7 Å². The summed E-state index contributed by atoms with van der Waals surface area (Å²) >= 11 is 0. The van der Waals surface area contributed by atoms with Crippen LogP contribution in [0.1, 0.15) is 49.9 Å². The molecule has 220 valence electrons. The highest BCUT2D eigenvalue weighted by Crippen LogP contribution is 2.36. The van der Waals surface area contributed by atoms with Gasteiger partial charge in [-0.25, -0.2) is 4.68 Å². The van der Waals surface area contributed by atoms with Crippen molar-refractivity contribution >= 4 is 11.7 Å². The largest absolute Gasteiger partial charge is 0.416 e. The Kier molecular flexibility index (Phi) is 8.20. The van der Waals surface area contributed by atoms with Gasteiger partial charge in [-0.2, -0.15) is 26.3 Å². The van der Waals surface area contributed by atoms with Crippen LogP contribution in [0.3, 0.4) is 0 Å². The Morgan fingerprint density at radius 1 is 0.857 bits per heavy atom. The number of aryl methyl sites for hydroxylation is 1. The Morgan fingerprint density at radius 3 is 2.00 bits per heavy atom. The zero-order valence-corrected chi connectivity index (χ0v) is 22.7. The number of rotatable bonds is 7. The third kappa shape index (κ3) is 6.02. The molecule has 0 bridgehead atoms. The van der Waals surface area contributed by atoms with Crippen LogP contribution in [0.25, 0.3) is 16.9 Å². The first-order valence-electron chi connectivity index (χ1n) is 12.7. The monoisotopic (exact) mass is 589 g/mol. The lowest BCUT2D eigenvalue weighted by Crippen LogP contribution is -2.37. The number of nitrogens with zero attached hydrogens (tertiary/aromatic N) is 2. The molecule has 0 aliphatic rings. The van der Waals surface area contributed by atoms with Crippen LogP contribution >= 0.6 is 0 Å². The van der Waals surface area contributed by atoms with E-state index in [1.165, 1.54) is 11.6 Å². The summed E-state index contributed by atoms with van der Waals surface area (Å²) in [5.74, 6) is -2.08. The number of aromatic amines is 1. The minimum Gasteiger partial charge on any atom is -0.331 e. The molecule has 0 radical (unpaired) electrons. The van der Waals surface area contributed by atoms with Crippen LogP contribution in [-0.4, -0.2) is 39.5 Å². The van der Waals surface area contributed by atoms with Gasteiger partial charge in [0.05, 0.1) is 29.1 Å². The molecule has 0 saturated carbocycles. The van der Waals surface area contributed by atoms with E-state index >= 15 is 0 Å². The Bertz CT molecular complexity index is 1670. The maximum atomic E-state index is 13.6. The highest BCUT2D eigenvalue weighted by molar-refractivity contribution is 6.05. The van der Waals surface area contributed by atoms with Gasteiger partial charge in [-0.15, -0.1) is 0 Å². The van der Waals surface area contributed by atoms with Gasteiger partial charge in [-0.05, 0) is 56.2 Å². The van der Waals surface area contributed by atoms with Crippen molar-refractivity contribution < 1.29 is 35.9 Å². The summed E-state index contributed by atoms with van der Waals surface area (Å²) < 4.78 is 81.4. The number of benzene rings is 3. The number of hydrogen-bond acceptors (Lipinski definition) is 3. The number of hydrogen-bond donors (Lipinski definition) is 1. The predicted molar refractivity (Wildman–Crippen MR) is 144 cm³/mol. The summed E-state index contributed by atoms with van der Waals surface area (Å²) in [5, 5.41) is 2.96. The van der Waals surface area contributed by atoms with Crippen LogP contribution in [0.5, 0.6) is 0 Å². The molecule has 1 N–H and O–H groups in total. The molecule has 1 amide bonds. The van der Waals surface area contributed by atoms with Gasteiger partial charge in [0.2, 0.25) is 0 Å². The summed E-state index contributed by atoms with van der Waals surface area (Å²) in [6.45, 7) is 4.04. The minimum absolute atomic E-state index is 0.0834. The number of amides is 1. The fourth-order valence-corrected chi connectivity index (χ4v) is 4.50. The molecule has 0 atom stereocenters. The highest BCUT2D eigenvalue weighted by atomic mass is 19.4. The number of aromatic nitrogens is 2. The van der Waals surface area contributed by atoms with Crippen molar-refractivity contribution in [2.24, 2.45) is 0 Å². The molecule has 4 aromatic rings. The number of nitrogens with one attached hydrogen (secondary N) is 1. The van der Waals surface area contributed by atoms with Crippen LogP contribution < -0.4 is 5.56 Å². The van der Waals surface area contributed by atoms with Gasteiger partial charge in [-0.1, -0.05) is 42.5 Å². The van der Waals surface area contributed by atoms with Crippen LogP contribution in [0.2, 0.25) is 0 Å². The first-order valence-corrected chi connectivity index (χ1v) is 12.7. The maximum absolute atomic E-state index is 13.6. The number of likely N-dealkylation sites (N-methyl/N-ethyl adjacent to an activating group) is 1. The topological polar surface area (TPSA) is 75.2 Å². The fraction of sp³-hybridized carbons (Fsp3) is 0.233. The van der Waals surface area contributed by atoms with E-state index in [2.05, 4.69) is 5.10 Å². The van der Waals surface area contributed by atoms with Gasteiger partial charge in [0.15, 0.2) is 5.78 Å². The molecule has 3 aromatic carbocycles. The molecule has 1 aromatic heterocycles. The molecule has 6 nitrogen and oxygen atoms in total. The number of Topliss-reactive ketones (excluding diaryl/α,β-unsaturated/α-hetero) is 1. The van der Waals surface area contributed by atoms with E-state index in [1.807, 2.05) is 13.0 Å². The average molecular weight is 590 g/mol. The summed E-state index contributed by atoms with van der Waals surface area (Å²) in [4.78, 5) is 41.3. The number of halogens is 6. The second kappa shape index (κ2) is 11.3. The summed E-state index contributed by atoms with van der Waals surface area (Å²) in [7, 11) is 0. The van der Waals surface area contributed by atoms with Crippen LogP contribution in [0, 0.1) is 13.8 Å². The summed E-state index contributed by atoms with van der Waals surface area (Å²) in [6.07, 6.45) is -10.3. The first-order chi connectivity index (χ1) is 19.6. The number of carbonyl (C=O) groups is 2. The van der Waals surface area contributed by atoms with Crippen molar-refractivity contribution in [1.29, 1.82) is 0 Å². The standard InChI is InChI=1S/C30H25F6N3O3/c1-4-38(27(41)20-13-21(29(31,32)33)15-22(14-20)30(34,35)36)16-24(40)25-26(19-10-6-5-7-11-19)37-39(28(25)42)23-12-8-9-17(2)18(23)3/h5-15,37H,4,16H2,1-3H3. The second-order valence-electron chi connectivity index (χ2n) is 9.62. The molecular weight excluding hydrogens is 564 g/mol. The number of carbonyl (C=O) groups excluding carboxylic acids is 2. The Labute approximate surface area is 236 Å². The van der Waals surface area contributed by atoms with Gasteiger partial charge >= 0.3 is 12.4 Å². The molecule has 42 heavy (non-hydrogen) atoms. The lowest BCUT2D eigenvalue weighted by Gasteiger charge is -2.21. The number of ketones is 1. The Hall–Kier alpha value is -4.61. The quantitative estimate of drug-likeness (QED) is 0.190. The van der Waals surface area contributed by atoms with Gasteiger partial charge in [0.1, 0.15) is 5.56 Å². The van der Waals surface area contributed by atoms with E-state index < -0.39 is 52.8 Å². The zero-order valence-electron chi connectivity index (χ0n) is 22.7. The molecule has 4 rings (SSSR count). The van der Waals surface area contributed by atoms with Crippen molar-refractivity contribution in [1.82, 2.24) is 14.7 Å². The number of H-pyrrole nitrogens is 1. The summed E-state index contributed by atoms with van der Waals surface area (Å²) in [6, 6.07) is 14.2. The van der Waals surface area contributed by atoms with Crippen LogP contribution in [-0.2, 0) is 12.4 Å². The van der Waals surface area contributed by atoms with Gasteiger partial charge in [0, 0.05) is 17.7 Å². The van der Waals surface area contributed by atoms with E-state index in [4.69, 9.17) is 0 Å². The molecule has 0 aliphatic carbocycles. The van der Waals surface area contributed by atoms with Gasteiger partial charge in [0.25, 0.3) is 11.5 Å². The van der Waals surface area contributed by atoms with Crippen LogP contribution in [0.4, 0.5) is 26.3 Å². The fourth-order valence-electron chi connectivity index (χ4n) is 4.50. The SMILES string of the molecule is CCN(CC(=O)c1c(-c2ccccc2)[nH]n(-c2cccc(C)c2C)c1=O)C(=O)c1cc(C(F)(F)F)cc(C(F)(F)F)c1. The third-order valence-corrected chi connectivity index (χ3v) is 6.89. The predicted octanol–water partition coefficient (Wildman–Crippen LogP) is 6.83. The lowest BCUT2D eigenvalue weighted by molar-refractivity contribution is -0.143.